The minimum Gasteiger partial charge on any atom is -0.339 e. The third-order valence-electron chi connectivity index (χ3n) is 4.81. The number of hydrogen-bond acceptors (Lipinski definition) is 6. The van der Waals surface area contributed by atoms with Gasteiger partial charge in [-0.1, -0.05) is 24.2 Å². The van der Waals surface area contributed by atoms with Crippen LogP contribution in [0, 0.1) is 0 Å². The molecule has 130 valence electrons. The molecule has 1 aliphatic heterocycles. The van der Waals surface area contributed by atoms with E-state index in [1.54, 1.807) is 10.9 Å². The molecule has 0 amide bonds. The summed E-state index contributed by atoms with van der Waals surface area (Å²) in [6, 6.07) is 7.62. The molecule has 1 aromatic carbocycles. The largest absolute Gasteiger partial charge is 0.339 e. The van der Waals surface area contributed by atoms with Crippen molar-refractivity contribution in [1.29, 1.82) is 0 Å². The quantitative estimate of drug-likeness (QED) is 0.709. The van der Waals surface area contributed by atoms with E-state index in [9.17, 15) is 4.79 Å². The van der Waals surface area contributed by atoms with Gasteiger partial charge in [0.1, 0.15) is 0 Å². The summed E-state index contributed by atoms with van der Waals surface area (Å²) in [5, 5.41) is 4.78. The lowest BCUT2D eigenvalue weighted by Gasteiger charge is -2.22. The van der Waals surface area contributed by atoms with E-state index in [4.69, 9.17) is 4.52 Å². The van der Waals surface area contributed by atoms with Crippen molar-refractivity contribution in [3.63, 3.8) is 0 Å². The number of fused-ring (bicyclic) bond motifs is 1. The predicted octanol–water partition coefficient (Wildman–Crippen LogP) is 2.18. The fraction of sp³-hybridized carbons (Fsp3) is 0.444. The van der Waals surface area contributed by atoms with Gasteiger partial charge >= 0.3 is 0 Å². The Morgan fingerprint density at radius 3 is 3.00 bits per heavy atom. The molecule has 1 saturated heterocycles. The second kappa shape index (κ2) is 6.76. The van der Waals surface area contributed by atoms with Crippen molar-refractivity contribution in [2.24, 2.45) is 0 Å². The summed E-state index contributed by atoms with van der Waals surface area (Å²) >= 11 is 0. The lowest BCUT2D eigenvalue weighted by atomic mass is 10.2. The van der Waals surface area contributed by atoms with Crippen molar-refractivity contribution < 1.29 is 4.52 Å². The molecule has 0 aliphatic carbocycles. The molecule has 0 bridgehead atoms. The van der Waals surface area contributed by atoms with Crippen LogP contribution in [0.5, 0.6) is 0 Å². The molecule has 0 N–H and O–H groups in total. The van der Waals surface area contributed by atoms with E-state index in [1.165, 1.54) is 0 Å². The summed E-state index contributed by atoms with van der Waals surface area (Å²) in [7, 11) is 0. The van der Waals surface area contributed by atoms with Gasteiger partial charge in [0, 0.05) is 19.5 Å². The maximum absolute atomic E-state index is 12.6. The summed E-state index contributed by atoms with van der Waals surface area (Å²) in [5.41, 5.74) is 0.746. The molecule has 7 heteroatoms. The maximum Gasteiger partial charge on any atom is 0.261 e. The monoisotopic (exact) mass is 339 g/mol. The van der Waals surface area contributed by atoms with Gasteiger partial charge in [0.15, 0.2) is 5.82 Å². The Kier molecular flexibility index (Phi) is 4.31. The standard InChI is InChI=1S/C18H21N5O2/c1-2-16-20-17(21-25-16)15-8-5-9-22(15)10-11-23-12-19-14-7-4-3-6-13(14)18(23)24/h3-4,6-7,12,15H,2,5,8-11H2,1H3/t15-/m0/s1. The van der Waals surface area contributed by atoms with Gasteiger partial charge in [0.05, 0.1) is 23.3 Å². The first-order valence-corrected chi connectivity index (χ1v) is 8.77. The highest BCUT2D eigenvalue weighted by molar-refractivity contribution is 5.76. The minimum atomic E-state index is 0.00850. The van der Waals surface area contributed by atoms with Gasteiger partial charge < -0.3 is 4.52 Å². The molecule has 0 radical (unpaired) electrons. The Hall–Kier alpha value is -2.54. The average Bonchev–Trinajstić information content (AvgIpc) is 3.30. The third-order valence-corrected chi connectivity index (χ3v) is 4.81. The first-order chi connectivity index (χ1) is 12.3. The summed E-state index contributed by atoms with van der Waals surface area (Å²) < 4.78 is 6.94. The van der Waals surface area contributed by atoms with Gasteiger partial charge in [0.25, 0.3) is 5.56 Å². The zero-order valence-electron chi connectivity index (χ0n) is 14.3. The number of rotatable bonds is 5. The number of benzene rings is 1. The summed E-state index contributed by atoms with van der Waals surface area (Å²) in [4.78, 5) is 23.8. The van der Waals surface area contributed by atoms with E-state index in [0.717, 1.165) is 43.7 Å². The smallest absolute Gasteiger partial charge is 0.261 e. The molecule has 1 fully saturated rings. The van der Waals surface area contributed by atoms with Crippen molar-refractivity contribution in [3.8, 4) is 0 Å². The van der Waals surface area contributed by atoms with Crippen molar-refractivity contribution in [3.05, 3.63) is 52.7 Å². The van der Waals surface area contributed by atoms with Crippen molar-refractivity contribution >= 4 is 10.9 Å². The Morgan fingerprint density at radius 2 is 2.16 bits per heavy atom. The number of para-hydroxylation sites is 1. The first kappa shape index (κ1) is 16.0. The highest BCUT2D eigenvalue weighted by Crippen LogP contribution is 2.29. The second-order valence-corrected chi connectivity index (χ2v) is 6.35. The fourth-order valence-electron chi connectivity index (χ4n) is 3.43. The maximum atomic E-state index is 12.6. The number of nitrogens with zero attached hydrogens (tertiary/aromatic N) is 5. The van der Waals surface area contributed by atoms with Crippen molar-refractivity contribution in [2.45, 2.75) is 38.8 Å². The van der Waals surface area contributed by atoms with Gasteiger partial charge in [-0.25, -0.2) is 4.98 Å². The van der Waals surface area contributed by atoms with Gasteiger partial charge in [-0.15, -0.1) is 0 Å². The van der Waals surface area contributed by atoms with Crippen LogP contribution in [0.3, 0.4) is 0 Å². The lowest BCUT2D eigenvalue weighted by molar-refractivity contribution is 0.232. The minimum absolute atomic E-state index is 0.00850. The topological polar surface area (TPSA) is 77.1 Å². The Balaban J connectivity index is 1.50. The van der Waals surface area contributed by atoms with E-state index >= 15 is 0 Å². The first-order valence-electron chi connectivity index (χ1n) is 8.77. The molecule has 1 aliphatic rings. The van der Waals surface area contributed by atoms with Gasteiger partial charge in [-0.3, -0.25) is 14.3 Å². The van der Waals surface area contributed by atoms with E-state index in [1.807, 2.05) is 31.2 Å². The second-order valence-electron chi connectivity index (χ2n) is 6.35. The molecule has 2 aromatic heterocycles. The zero-order chi connectivity index (χ0) is 17.2. The molecule has 0 spiro atoms. The molecule has 0 saturated carbocycles. The third kappa shape index (κ3) is 3.07. The normalized spacial score (nSPS) is 18.2. The van der Waals surface area contributed by atoms with Crippen LogP contribution < -0.4 is 5.56 Å². The summed E-state index contributed by atoms with van der Waals surface area (Å²) in [6.07, 6.45) is 4.51. The molecule has 4 rings (SSSR count). The molecule has 25 heavy (non-hydrogen) atoms. The number of aromatic nitrogens is 4. The van der Waals surface area contributed by atoms with Crippen LogP contribution in [-0.2, 0) is 13.0 Å². The average molecular weight is 339 g/mol. The van der Waals surface area contributed by atoms with Crippen LogP contribution >= 0.6 is 0 Å². The number of likely N-dealkylation sites (tertiary alicyclic amines) is 1. The molecule has 1 atom stereocenters. The molecule has 0 unspecified atom stereocenters. The van der Waals surface area contributed by atoms with E-state index < -0.39 is 0 Å². The molecule has 7 nitrogen and oxygen atoms in total. The zero-order valence-corrected chi connectivity index (χ0v) is 14.3. The SMILES string of the molecule is CCc1nc([C@@H]2CCCN2CCn2cnc3ccccc3c2=O)no1. The molecular weight excluding hydrogens is 318 g/mol. The number of aryl methyl sites for hydroxylation is 1. The van der Waals surface area contributed by atoms with Gasteiger partial charge in [-0.2, -0.15) is 4.98 Å². The van der Waals surface area contributed by atoms with Crippen molar-refractivity contribution in [1.82, 2.24) is 24.6 Å². The molecule has 3 heterocycles. The van der Waals surface area contributed by atoms with Gasteiger partial charge in [-0.05, 0) is 31.5 Å². The van der Waals surface area contributed by atoms with Crippen LogP contribution in [0.15, 0.2) is 39.9 Å². The fourth-order valence-corrected chi connectivity index (χ4v) is 3.43. The van der Waals surface area contributed by atoms with E-state index in [2.05, 4.69) is 20.0 Å². The predicted molar refractivity (Wildman–Crippen MR) is 93.2 cm³/mol. The number of hydrogen-bond donors (Lipinski definition) is 0. The van der Waals surface area contributed by atoms with Crippen LogP contribution in [0.25, 0.3) is 10.9 Å². The highest BCUT2D eigenvalue weighted by atomic mass is 16.5. The van der Waals surface area contributed by atoms with E-state index in [-0.39, 0.29) is 11.6 Å². The van der Waals surface area contributed by atoms with Crippen LogP contribution in [0.4, 0.5) is 0 Å². The van der Waals surface area contributed by atoms with Crippen LogP contribution in [-0.4, -0.2) is 37.7 Å². The lowest BCUT2D eigenvalue weighted by Crippen LogP contribution is -2.31. The Bertz CT molecular complexity index is 932. The Labute approximate surface area is 145 Å². The summed E-state index contributed by atoms with van der Waals surface area (Å²) in [6.45, 7) is 4.35. The van der Waals surface area contributed by atoms with Crippen molar-refractivity contribution in [2.75, 3.05) is 13.1 Å². The molecular formula is C18H21N5O2. The highest BCUT2D eigenvalue weighted by Gasteiger charge is 2.29. The van der Waals surface area contributed by atoms with Crippen LogP contribution in [0.1, 0.15) is 37.5 Å². The van der Waals surface area contributed by atoms with Crippen LogP contribution in [0.2, 0.25) is 0 Å². The molecule has 3 aromatic rings. The Morgan fingerprint density at radius 1 is 1.28 bits per heavy atom. The summed E-state index contributed by atoms with van der Waals surface area (Å²) in [5.74, 6) is 1.44. The van der Waals surface area contributed by atoms with E-state index in [0.29, 0.717) is 17.8 Å². The van der Waals surface area contributed by atoms with Gasteiger partial charge in [0.2, 0.25) is 5.89 Å².